The van der Waals surface area contributed by atoms with Crippen LogP contribution in [0.15, 0.2) is 60.8 Å². The van der Waals surface area contributed by atoms with Gasteiger partial charge in [0.05, 0.1) is 6.61 Å². The van der Waals surface area contributed by atoms with Crippen LogP contribution in [0.1, 0.15) is 213 Å². The molecule has 0 aliphatic heterocycles. The van der Waals surface area contributed by atoms with Crippen LogP contribution in [-0.4, -0.2) is 37.9 Å². The number of carbonyl (C=O) groups is 2. The number of carbonyl (C=O) groups excluding carboxylic acids is 2. The fourth-order valence-electron chi connectivity index (χ4n) is 6.14. The first-order chi connectivity index (χ1) is 26.6. The highest BCUT2D eigenvalue weighted by molar-refractivity contribution is 5.70. The van der Waals surface area contributed by atoms with Crippen LogP contribution in [0.2, 0.25) is 0 Å². The third kappa shape index (κ3) is 42.3. The monoisotopic (exact) mass is 755 g/mol. The van der Waals surface area contributed by atoms with Gasteiger partial charge in [0, 0.05) is 19.4 Å². The van der Waals surface area contributed by atoms with Gasteiger partial charge in [-0.2, -0.15) is 0 Å². The molecule has 0 spiro atoms. The van der Waals surface area contributed by atoms with E-state index in [0.717, 1.165) is 83.5 Å². The highest BCUT2D eigenvalue weighted by atomic mass is 16.6. The van der Waals surface area contributed by atoms with E-state index in [9.17, 15) is 9.59 Å². The fraction of sp³-hybridized carbons (Fsp3) is 0.755. The summed E-state index contributed by atoms with van der Waals surface area (Å²) in [5.41, 5.74) is 0. The average Bonchev–Trinajstić information content (AvgIpc) is 3.17. The molecule has 1 atom stereocenters. The standard InChI is InChI=1S/C49H86O5/c1-4-7-10-13-16-18-20-22-24-26-28-30-32-35-38-41-44-52-45-47(54-49(51)43-40-37-33-15-12-9-6-3)46-53-48(50)42-39-36-34-31-29-27-25-23-21-19-17-14-11-8-5-2/h8,11,16-19,22-25,47H,4-7,9-10,12-15,20-21,26-46H2,1-3H3/b11-8-,18-16-,19-17-,24-22-,25-23-. The Hall–Kier alpha value is -2.40. The first kappa shape index (κ1) is 51.6. The van der Waals surface area contributed by atoms with E-state index in [1.165, 1.54) is 96.3 Å². The molecule has 1 unspecified atom stereocenters. The van der Waals surface area contributed by atoms with E-state index in [1.54, 1.807) is 0 Å². The fourth-order valence-corrected chi connectivity index (χ4v) is 6.14. The molecule has 54 heavy (non-hydrogen) atoms. The smallest absolute Gasteiger partial charge is 0.306 e. The number of hydrogen-bond donors (Lipinski definition) is 0. The summed E-state index contributed by atoms with van der Waals surface area (Å²) in [6, 6.07) is 0. The second-order valence-corrected chi connectivity index (χ2v) is 14.9. The predicted octanol–water partition coefficient (Wildman–Crippen LogP) is 15.0. The van der Waals surface area contributed by atoms with Crippen LogP contribution in [0, 0.1) is 0 Å². The number of unbranched alkanes of at least 4 members (excludes halogenated alkanes) is 20. The zero-order valence-corrected chi connectivity index (χ0v) is 35.7. The van der Waals surface area contributed by atoms with Crippen LogP contribution in [0.25, 0.3) is 0 Å². The molecule has 0 saturated carbocycles. The Morgan fingerprint density at radius 1 is 0.426 bits per heavy atom. The lowest BCUT2D eigenvalue weighted by molar-refractivity contribution is -0.163. The zero-order valence-electron chi connectivity index (χ0n) is 35.7. The summed E-state index contributed by atoms with van der Waals surface area (Å²) in [5.74, 6) is -0.428. The summed E-state index contributed by atoms with van der Waals surface area (Å²) >= 11 is 0. The van der Waals surface area contributed by atoms with Crippen LogP contribution < -0.4 is 0 Å². The van der Waals surface area contributed by atoms with E-state index in [2.05, 4.69) is 81.5 Å². The van der Waals surface area contributed by atoms with Crippen LogP contribution in [0.4, 0.5) is 0 Å². The number of hydrogen-bond acceptors (Lipinski definition) is 5. The second kappa shape index (κ2) is 45.0. The van der Waals surface area contributed by atoms with E-state index in [4.69, 9.17) is 14.2 Å². The topological polar surface area (TPSA) is 61.8 Å². The van der Waals surface area contributed by atoms with Crippen LogP contribution in [0.3, 0.4) is 0 Å². The van der Waals surface area contributed by atoms with Crippen LogP contribution in [-0.2, 0) is 23.8 Å². The zero-order chi connectivity index (χ0) is 39.3. The molecule has 0 aromatic heterocycles. The van der Waals surface area contributed by atoms with Crippen molar-refractivity contribution in [3.8, 4) is 0 Å². The molecule has 0 amide bonds. The highest BCUT2D eigenvalue weighted by Crippen LogP contribution is 2.13. The lowest BCUT2D eigenvalue weighted by Crippen LogP contribution is -2.30. The van der Waals surface area contributed by atoms with E-state index in [-0.39, 0.29) is 25.2 Å². The summed E-state index contributed by atoms with van der Waals surface area (Å²) < 4.78 is 17.2. The molecule has 0 saturated heterocycles. The Balaban J connectivity index is 4.20. The predicted molar refractivity (Wildman–Crippen MR) is 233 cm³/mol. The van der Waals surface area contributed by atoms with Crippen molar-refractivity contribution in [3.63, 3.8) is 0 Å². The van der Waals surface area contributed by atoms with Gasteiger partial charge in [-0.05, 0) is 83.5 Å². The van der Waals surface area contributed by atoms with Crippen molar-refractivity contribution in [3.05, 3.63) is 60.8 Å². The first-order valence-corrected chi connectivity index (χ1v) is 22.8. The minimum atomic E-state index is -0.544. The maximum absolute atomic E-state index is 12.6. The molecular formula is C49H86O5. The molecule has 0 heterocycles. The summed E-state index contributed by atoms with van der Waals surface area (Å²) in [7, 11) is 0. The van der Waals surface area contributed by atoms with Gasteiger partial charge in [-0.25, -0.2) is 0 Å². The van der Waals surface area contributed by atoms with Gasteiger partial charge in [0.1, 0.15) is 6.61 Å². The van der Waals surface area contributed by atoms with E-state index >= 15 is 0 Å². The molecule has 5 heteroatoms. The van der Waals surface area contributed by atoms with Crippen molar-refractivity contribution in [2.45, 2.75) is 219 Å². The van der Waals surface area contributed by atoms with Crippen molar-refractivity contribution in [1.82, 2.24) is 0 Å². The molecule has 0 N–H and O–H groups in total. The average molecular weight is 755 g/mol. The molecule has 0 aromatic carbocycles. The largest absolute Gasteiger partial charge is 0.462 e. The van der Waals surface area contributed by atoms with Crippen molar-refractivity contribution in [1.29, 1.82) is 0 Å². The molecule has 0 rings (SSSR count). The Bertz CT molecular complexity index is 946. The van der Waals surface area contributed by atoms with Crippen molar-refractivity contribution in [2.75, 3.05) is 19.8 Å². The number of rotatable bonds is 41. The molecule has 5 nitrogen and oxygen atoms in total. The van der Waals surface area contributed by atoms with Gasteiger partial charge in [0.15, 0.2) is 6.10 Å². The second-order valence-electron chi connectivity index (χ2n) is 14.9. The number of ether oxygens (including phenoxy) is 3. The van der Waals surface area contributed by atoms with Crippen molar-refractivity contribution >= 4 is 11.9 Å². The maximum Gasteiger partial charge on any atom is 0.306 e. The lowest BCUT2D eigenvalue weighted by atomic mass is 10.1. The Kier molecular flexibility index (Phi) is 43.0. The summed E-state index contributed by atoms with van der Waals surface area (Å²) in [6.45, 7) is 7.61. The molecule has 0 aromatic rings. The summed E-state index contributed by atoms with van der Waals surface area (Å²) in [6.07, 6.45) is 55.1. The van der Waals surface area contributed by atoms with Gasteiger partial charge in [-0.15, -0.1) is 0 Å². The molecule has 0 aliphatic carbocycles. The number of allylic oxidation sites excluding steroid dienone is 10. The highest BCUT2D eigenvalue weighted by Gasteiger charge is 2.17. The normalized spacial score (nSPS) is 12.7. The number of esters is 2. The van der Waals surface area contributed by atoms with E-state index in [1.807, 2.05) is 0 Å². The molecular weight excluding hydrogens is 669 g/mol. The van der Waals surface area contributed by atoms with Crippen LogP contribution >= 0.6 is 0 Å². The Labute approximate surface area is 334 Å². The van der Waals surface area contributed by atoms with Gasteiger partial charge in [-0.3, -0.25) is 9.59 Å². The van der Waals surface area contributed by atoms with Crippen LogP contribution in [0.5, 0.6) is 0 Å². The molecule has 0 aliphatic rings. The molecule has 0 bridgehead atoms. The Morgan fingerprint density at radius 2 is 0.833 bits per heavy atom. The van der Waals surface area contributed by atoms with Crippen molar-refractivity contribution in [2.24, 2.45) is 0 Å². The molecule has 0 fully saturated rings. The summed E-state index contributed by atoms with van der Waals surface area (Å²) in [5, 5.41) is 0. The minimum absolute atomic E-state index is 0.0717. The third-order valence-electron chi connectivity index (χ3n) is 9.54. The molecule has 0 radical (unpaired) electrons. The summed E-state index contributed by atoms with van der Waals surface area (Å²) in [4.78, 5) is 25.1. The third-order valence-corrected chi connectivity index (χ3v) is 9.54. The van der Waals surface area contributed by atoms with Gasteiger partial charge in [0.2, 0.25) is 0 Å². The van der Waals surface area contributed by atoms with Gasteiger partial charge >= 0.3 is 11.9 Å². The van der Waals surface area contributed by atoms with E-state index < -0.39 is 6.10 Å². The quantitative estimate of drug-likeness (QED) is 0.0353. The first-order valence-electron chi connectivity index (χ1n) is 22.8. The van der Waals surface area contributed by atoms with Gasteiger partial charge in [-0.1, -0.05) is 178 Å². The van der Waals surface area contributed by atoms with Gasteiger partial charge < -0.3 is 14.2 Å². The minimum Gasteiger partial charge on any atom is -0.462 e. The Morgan fingerprint density at radius 3 is 1.37 bits per heavy atom. The maximum atomic E-state index is 12.6. The van der Waals surface area contributed by atoms with Crippen molar-refractivity contribution < 1.29 is 23.8 Å². The molecule has 312 valence electrons. The van der Waals surface area contributed by atoms with E-state index in [0.29, 0.717) is 19.4 Å². The lowest BCUT2D eigenvalue weighted by Gasteiger charge is -2.18. The SMILES string of the molecule is CC/C=C\C/C=C\C/C=C\CCCCCCCC(=O)OCC(COCCCCCCCC/C=C\C/C=C\CCCCC)OC(=O)CCCCCCCCC. The van der Waals surface area contributed by atoms with Gasteiger partial charge in [0.25, 0.3) is 0 Å².